The Balaban J connectivity index is 1.37. The molecule has 0 unspecified atom stereocenters. The first-order chi connectivity index (χ1) is 13.9. The van der Waals surface area contributed by atoms with Crippen molar-refractivity contribution < 1.29 is 13.2 Å². The molecule has 2 aliphatic heterocycles. The molecule has 0 radical (unpaired) electrons. The molecule has 2 aromatic carbocycles. The molecule has 1 atom stereocenters. The van der Waals surface area contributed by atoms with E-state index in [0.717, 1.165) is 12.2 Å². The molecular weight excluding hydrogens is 428 g/mol. The zero-order valence-corrected chi connectivity index (χ0v) is 18.3. The molecule has 1 fully saturated rings. The van der Waals surface area contributed by atoms with Crippen LogP contribution in [0, 0.1) is 5.92 Å². The molecule has 8 heteroatoms. The van der Waals surface area contributed by atoms with Gasteiger partial charge in [-0.15, -0.1) is 11.8 Å². The van der Waals surface area contributed by atoms with Gasteiger partial charge in [0.05, 0.1) is 10.9 Å². The van der Waals surface area contributed by atoms with E-state index in [1.165, 1.54) is 26.9 Å². The number of benzene rings is 2. The third-order valence-electron chi connectivity index (χ3n) is 5.55. The van der Waals surface area contributed by atoms with Gasteiger partial charge < -0.3 is 5.32 Å². The van der Waals surface area contributed by atoms with Crippen LogP contribution in [-0.4, -0.2) is 37.5 Å². The minimum Gasteiger partial charge on any atom is -0.349 e. The molecule has 0 aromatic heterocycles. The van der Waals surface area contributed by atoms with E-state index in [4.69, 9.17) is 11.6 Å². The molecule has 4 rings (SSSR count). The van der Waals surface area contributed by atoms with Crippen molar-refractivity contribution in [1.82, 2.24) is 9.62 Å². The van der Waals surface area contributed by atoms with E-state index in [9.17, 15) is 13.2 Å². The molecule has 154 valence electrons. The number of piperidine rings is 1. The average molecular weight is 451 g/mol. The number of nitrogens with zero attached hydrogens (tertiary/aromatic N) is 1. The molecule has 0 saturated carbocycles. The van der Waals surface area contributed by atoms with E-state index < -0.39 is 10.0 Å². The molecular formula is C21H23ClN2O3S2. The van der Waals surface area contributed by atoms with E-state index in [1.807, 2.05) is 23.9 Å². The third kappa shape index (κ3) is 4.48. The summed E-state index contributed by atoms with van der Waals surface area (Å²) in [4.78, 5) is 14.3. The minimum atomic E-state index is -3.55. The Labute approximate surface area is 180 Å². The quantitative estimate of drug-likeness (QED) is 0.761. The Bertz CT molecular complexity index is 987. The molecule has 5 nitrogen and oxygen atoms in total. The van der Waals surface area contributed by atoms with E-state index in [2.05, 4.69) is 17.4 Å². The molecule has 0 spiro atoms. The van der Waals surface area contributed by atoms with Gasteiger partial charge in [0.1, 0.15) is 0 Å². The van der Waals surface area contributed by atoms with Crippen LogP contribution in [0.15, 0.2) is 58.3 Å². The smallest absolute Gasteiger partial charge is 0.243 e. The molecule has 1 saturated heterocycles. The average Bonchev–Trinajstić information content (AvgIpc) is 2.74. The Hall–Kier alpha value is -1.54. The Morgan fingerprint density at radius 3 is 2.45 bits per heavy atom. The van der Waals surface area contributed by atoms with Gasteiger partial charge >= 0.3 is 0 Å². The molecule has 2 heterocycles. The molecule has 2 aromatic rings. The number of nitrogens with one attached hydrogen (secondary N) is 1. The second kappa shape index (κ2) is 8.68. The number of thioether (sulfide) groups is 1. The van der Waals surface area contributed by atoms with Gasteiger partial charge in [-0.3, -0.25) is 4.79 Å². The van der Waals surface area contributed by atoms with Gasteiger partial charge in [-0.1, -0.05) is 29.8 Å². The number of halogens is 1. The third-order valence-corrected chi connectivity index (χ3v) is 8.84. The molecule has 0 bridgehead atoms. The monoisotopic (exact) mass is 450 g/mol. The predicted molar refractivity (Wildman–Crippen MR) is 116 cm³/mol. The molecule has 1 N–H and O–H groups in total. The van der Waals surface area contributed by atoms with Crippen LogP contribution < -0.4 is 5.32 Å². The first kappa shape index (κ1) is 20.7. The summed E-state index contributed by atoms with van der Waals surface area (Å²) in [5.74, 6) is 0.855. The maximum absolute atomic E-state index is 12.8. The van der Waals surface area contributed by atoms with Crippen LogP contribution in [0.4, 0.5) is 0 Å². The summed E-state index contributed by atoms with van der Waals surface area (Å²) < 4.78 is 27.1. The highest BCUT2D eigenvalue weighted by atomic mass is 35.5. The lowest BCUT2D eigenvalue weighted by molar-refractivity contribution is -0.126. The summed E-state index contributed by atoms with van der Waals surface area (Å²) in [6.45, 7) is 0.695. The van der Waals surface area contributed by atoms with Crippen molar-refractivity contribution in [2.24, 2.45) is 5.92 Å². The number of hydrogen-bond acceptors (Lipinski definition) is 4. The highest BCUT2D eigenvalue weighted by molar-refractivity contribution is 7.99. The summed E-state index contributed by atoms with van der Waals surface area (Å²) >= 11 is 7.68. The Morgan fingerprint density at radius 1 is 1.03 bits per heavy atom. The van der Waals surface area contributed by atoms with E-state index in [0.29, 0.717) is 31.0 Å². The van der Waals surface area contributed by atoms with E-state index in [-0.39, 0.29) is 22.8 Å². The highest BCUT2D eigenvalue weighted by Gasteiger charge is 2.33. The fourth-order valence-electron chi connectivity index (χ4n) is 3.90. The van der Waals surface area contributed by atoms with Crippen molar-refractivity contribution in [3.63, 3.8) is 0 Å². The number of rotatable bonds is 4. The lowest BCUT2D eigenvalue weighted by Crippen LogP contribution is -2.44. The van der Waals surface area contributed by atoms with Crippen LogP contribution in [0.25, 0.3) is 0 Å². The zero-order chi connectivity index (χ0) is 20.4. The second-order valence-corrected chi connectivity index (χ2v) is 10.9. The first-order valence-corrected chi connectivity index (χ1v) is 12.5. The number of carbonyl (C=O) groups is 1. The normalized spacial score (nSPS) is 20.8. The molecule has 1 amide bonds. The molecule has 29 heavy (non-hydrogen) atoms. The van der Waals surface area contributed by atoms with Gasteiger partial charge in [0, 0.05) is 34.7 Å². The van der Waals surface area contributed by atoms with Crippen molar-refractivity contribution in [3.05, 3.63) is 59.1 Å². The summed E-state index contributed by atoms with van der Waals surface area (Å²) in [6, 6.07) is 14.4. The minimum absolute atomic E-state index is 0.0280. The van der Waals surface area contributed by atoms with Crippen LogP contribution >= 0.6 is 23.4 Å². The Kier molecular flexibility index (Phi) is 6.20. The lowest BCUT2D eigenvalue weighted by Gasteiger charge is -2.32. The fourth-order valence-corrected chi connectivity index (χ4v) is 6.62. The van der Waals surface area contributed by atoms with Crippen molar-refractivity contribution in [2.75, 3.05) is 18.8 Å². The van der Waals surface area contributed by atoms with Gasteiger partial charge in [0.25, 0.3) is 0 Å². The Morgan fingerprint density at radius 2 is 1.72 bits per heavy atom. The van der Waals surface area contributed by atoms with Gasteiger partial charge in [0.2, 0.25) is 15.9 Å². The first-order valence-electron chi connectivity index (χ1n) is 9.73. The van der Waals surface area contributed by atoms with Crippen LogP contribution in [0.2, 0.25) is 5.02 Å². The second-order valence-electron chi connectivity index (χ2n) is 7.37. The molecule has 0 aliphatic carbocycles. The number of amides is 1. The van der Waals surface area contributed by atoms with Gasteiger partial charge in [-0.25, -0.2) is 8.42 Å². The number of sulfonamides is 1. The largest absolute Gasteiger partial charge is 0.349 e. The SMILES string of the molecule is O=C(N[C@H]1CCSc2ccccc21)C1CCN(S(=O)(=O)c2ccc(Cl)cc2)CC1. The zero-order valence-electron chi connectivity index (χ0n) is 15.9. The van der Waals surface area contributed by atoms with E-state index >= 15 is 0 Å². The fraction of sp³-hybridized carbons (Fsp3) is 0.381. The standard InChI is InChI=1S/C21H23ClN2O3S2/c22-16-5-7-17(8-6-16)29(26,27)24-12-9-15(10-13-24)21(25)23-19-11-14-28-20-4-2-1-3-18(19)20/h1-8,15,19H,9-14H2,(H,23,25)/t19-/m0/s1. The highest BCUT2D eigenvalue weighted by Crippen LogP contribution is 2.36. The van der Waals surface area contributed by atoms with Crippen LogP contribution in [-0.2, 0) is 14.8 Å². The number of carbonyl (C=O) groups excluding carboxylic acids is 1. The lowest BCUT2D eigenvalue weighted by atomic mass is 9.95. The van der Waals surface area contributed by atoms with Crippen molar-refractivity contribution in [1.29, 1.82) is 0 Å². The topological polar surface area (TPSA) is 66.5 Å². The number of fused-ring (bicyclic) bond motifs is 1. The van der Waals surface area contributed by atoms with Crippen molar-refractivity contribution >= 4 is 39.3 Å². The molecule has 2 aliphatic rings. The van der Waals surface area contributed by atoms with Crippen LogP contribution in [0.5, 0.6) is 0 Å². The van der Waals surface area contributed by atoms with Crippen LogP contribution in [0.3, 0.4) is 0 Å². The predicted octanol–water partition coefficient (Wildman–Crippen LogP) is 4.09. The van der Waals surface area contributed by atoms with Gasteiger partial charge in [-0.2, -0.15) is 4.31 Å². The van der Waals surface area contributed by atoms with Crippen molar-refractivity contribution in [3.8, 4) is 0 Å². The summed E-state index contributed by atoms with van der Waals surface area (Å²) in [5.41, 5.74) is 1.18. The van der Waals surface area contributed by atoms with Crippen molar-refractivity contribution in [2.45, 2.75) is 35.1 Å². The maximum Gasteiger partial charge on any atom is 0.243 e. The summed E-state index contributed by atoms with van der Waals surface area (Å²) in [6.07, 6.45) is 1.97. The van der Waals surface area contributed by atoms with Gasteiger partial charge in [-0.05, 0) is 55.2 Å². The van der Waals surface area contributed by atoms with Crippen LogP contribution in [0.1, 0.15) is 30.9 Å². The summed E-state index contributed by atoms with van der Waals surface area (Å²) in [5, 5.41) is 3.70. The van der Waals surface area contributed by atoms with Gasteiger partial charge in [0.15, 0.2) is 0 Å². The van der Waals surface area contributed by atoms with E-state index in [1.54, 1.807) is 12.1 Å². The maximum atomic E-state index is 12.8. The summed E-state index contributed by atoms with van der Waals surface area (Å²) in [7, 11) is -3.55. The number of hydrogen-bond donors (Lipinski definition) is 1.